The molecule has 7 heteroatoms. The van der Waals surface area contributed by atoms with Gasteiger partial charge < -0.3 is 4.90 Å². The number of amides is 1. The summed E-state index contributed by atoms with van der Waals surface area (Å²) in [6, 6.07) is 4.23. The summed E-state index contributed by atoms with van der Waals surface area (Å²) in [7, 11) is 0. The maximum atomic E-state index is 12.5. The van der Waals surface area contributed by atoms with Crippen LogP contribution in [-0.4, -0.2) is 33.1 Å². The van der Waals surface area contributed by atoms with E-state index >= 15 is 0 Å². The average molecular weight is 344 g/mol. The summed E-state index contributed by atoms with van der Waals surface area (Å²) >= 11 is 3.08. The molecule has 0 bridgehead atoms. The first kappa shape index (κ1) is 16.0. The van der Waals surface area contributed by atoms with E-state index in [0.29, 0.717) is 34.4 Å². The largest absolute Gasteiger partial charge is 0.337 e. The number of hydrogen-bond donors (Lipinski definition) is 0. The SMILES string of the molecule is Cc1nc(C)c(C#N)c(SCC(=O)N2CCc3sccc3C2)n1. The van der Waals surface area contributed by atoms with Crippen LogP contribution in [0.5, 0.6) is 0 Å². The van der Waals surface area contributed by atoms with Crippen LogP contribution < -0.4 is 0 Å². The number of fused-ring (bicyclic) bond motifs is 1. The van der Waals surface area contributed by atoms with Crippen molar-refractivity contribution in [1.29, 1.82) is 5.26 Å². The van der Waals surface area contributed by atoms with Crippen molar-refractivity contribution in [2.24, 2.45) is 0 Å². The molecule has 0 radical (unpaired) electrons. The van der Waals surface area contributed by atoms with Crippen LogP contribution in [0.3, 0.4) is 0 Å². The molecule has 0 unspecified atom stereocenters. The molecule has 3 rings (SSSR count). The minimum absolute atomic E-state index is 0.0876. The van der Waals surface area contributed by atoms with E-state index in [2.05, 4.69) is 27.5 Å². The summed E-state index contributed by atoms with van der Waals surface area (Å²) in [5.74, 6) is 1.01. The smallest absolute Gasteiger partial charge is 0.233 e. The molecule has 2 aromatic heterocycles. The molecule has 2 aromatic rings. The van der Waals surface area contributed by atoms with E-state index in [-0.39, 0.29) is 5.91 Å². The Morgan fingerprint density at radius 3 is 3.09 bits per heavy atom. The van der Waals surface area contributed by atoms with Gasteiger partial charge in [0.15, 0.2) is 0 Å². The monoisotopic (exact) mass is 344 g/mol. The first-order chi connectivity index (χ1) is 11.1. The van der Waals surface area contributed by atoms with Gasteiger partial charge in [-0.15, -0.1) is 11.3 Å². The second-order valence-electron chi connectivity index (χ2n) is 5.37. The van der Waals surface area contributed by atoms with E-state index in [1.165, 1.54) is 22.2 Å². The molecule has 1 amide bonds. The summed E-state index contributed by atoms with van der Waals surface area (Å²) in [4.78, 5) is 24.2. The fraction of sp³-hybridized carbons (Fsp3) is 0.375. The topological polar surface area (TPSA) is 69.9 Å². The molecule has 118 valence electrons. The summed E-state index contributed by atoms with van der Waals surface area (Å²) in [6.45, 7) is 5.04. The van der Waals surface area contributed by atoms with E-state index in [1.54, 1.807) is 25.2 Å². The standard InChI is InChI=1S/C16H16N4OS2/c1-10-13(7-17)16(19-11(2)18-10)23-9-15(21)20-5-3-14-12(8-20)4-6-22-14/h4,6H,3,5,8-9H2,1-2H3. The molecule has 0 fully saturated rings. The number of thioether (sulfide) groups is 1. The number of rotatable bonds is 3. The summed E-state index contributed by atoms with van der Waals surface area (Å²) in [5, 5.41) is 11.9. The lowest BCUT2D eigenvalue weighted by Crippen LogP contribution is -2.36. The third kappa shape index (κ3) is 3.38. The van der Waals surface area contributed by atoms with Gasteiger partial charge in [-0.1, -0.05) is 11.8 Å². The van der Waals surface area contributed by atoms with Crippen LogP contribution in [0.25, 0.3) is 0 Å². The Bertz CT molecular complexity index is 794. The second-order valence-corrected chi connectivity index (χ2v) is 7.34. The van der Waals surface area contributed by atoms with Gasteiger partial charge in [0.1, 0.15) is 22.5 Å². The molecule has 23 heavy (non-hydrogen) atoms. The summed E-state index contributed by atoms with van der Waals surface area (Å²) < 4.78 is 0. The number of nitrogens with zero attached hydrogens (tertiary/aromatic N) is 4. The third-order valence-electron chi connectivity index (χ3n) is 3.77. The Hall–Kier alpha value is -1.91. The number of hydrogen-bond acceptors (Lipinski definition) is 6. The lowest BCUT2D eigenvalue weighted by atomic mass is 10.1. The lowest BCUT2D eigenvalue weighted by molar-refractivity contribution is -0.129. The first-order valence-electron chi connectivity index (χ1n) is 7.29. The van der Waals surface area contributed by atoms with Crippen molar-refractivity contribution in [2.75, 3.05) is 12.3 Å². The van der Waals surface area contributed by atoms with E-state index in [0.717, 1.165) is 13.0 Å². The van der Waals surface area contributed by atoms with Gasteiger partial charge >= 0.3 is 0 Å². The fourth-order valence-corrected chi connectivity index (χ4v) is 4.46. The van der Waals surface area contributed by atoms with Crippen molar-refractivity contribution in [3.8, 4) is 6.07 Å². The molecular weight excluding hydrogens is 328 g/mol. The first-order valence-corrected chi connectivity index (χ1v) is 9.16. The minimum atomic E-state index is 0.0876. The van der Waals surface area contributed by atoms with E-state index in [4.69, 9.17) is 0 Å². The van der Waals surface area contributed by atoms with Crippen molar-refractivity contribution in [3.05, 3.63) is 39.0 Å². The molecule has 5 nitrogen and oxygen atoms in total. The van der Waals surface area contributed by atoms with Crippen LogP contribution in [0.2, 0.25) is 0 Å². The third-order valence-corrected chi connectivity index (χ3v) is 5.76. The highest BCUT2D eigenvalue weighted by molar-refractivity contribution is 8.00. The normalized spacial score (nSPS) is 13.5. The highest BCUT2D eigenvalue weighted by Crippen LogP contribution is 2.26. The maximum Gasteiger partial charge on any atom is 0.233 e. The van der Waals surface area contributed by atoms with Crippen molar-refractivity contribution >= 4 is 29.0 Å². The lowest BCUT2D eigenvalue weighted by Gasteiger charge is -2.26. The Morgan fingerprint density at radius 1 is 1.48 bits per heavy atom. The van der Waals surface area contributed by atoms with Gasteiger partial charge in [-0.2, -0.15) is 5.26 Å². The highest BCUT2D eigenvalue weighted by atomic mass is 32.2. The van der Waals surface area contributed by atoms with Crippen LogP contribution in [-0.2, 0) is 17.8 Å². The van der Waals surface area contributed by atoms with Crippen LogP contribution in [0, 0.1) is 25.2 Å². The van der Waals surface area contributed by atoms with Gasteiger partial charge in [0.2, 0.25) is 5.91 Å². The number of carbonyl (C=O) groups excluding carboxylic acids is 1. The molecule has 0 aromatic carbocycles. The Balaban J connectivity index is 1.68. The number of aryl methyl sites for hydroxylation is 2. The van der Waals surface area contributed by atoms with Crippen LogP contribution >= 0.6 is 23.1 Å². The zero-order valence-corrected chi connectivity index (χ0v) is 14.6. The average Bonchev–Trinajstić information content (AvgIpc) is 2.99. The molecule has 0 spiro atoms. The molecule has 1 aliphatic rings. The highest BCUT2D eigenvalue weighted by Gasteiger charge is 2.22. The number of carbonyl (C=O) groups is 1. The summed E-state index contributed by atoms with van der Waals surface area (Å²) in [6.07, 6.45) is 0.929. The van der Waals surface area contributed by atoms with Crippen LogP contribution in [0.15, 0.2) is 16.5 Å². The quantitative estimate of drug-likeness (QED) is 0.632. The van der Waals surface area contributed by atoms with E-state index < -0.39 is 0 Å². The van der Waals surface area contributed by atoms with Gasteiger partial charge in [-0.25, -0.2) is 9.97 Å². The molecule has 0 saturated heterocycles. The van der Waals surface area contributed by atoms with Gasteiger partial charge in [0.05, 0.1) is 11.4 Å². The molecule has 1 aliphatic heterocycles. The Morgan fingerprint density at radius 2 is 2.30 bits per heavy atom. The zero-order valence-electron chi connectivity index (χ0n) is 13.0. The maximum absolute atomic E-state index is 12.5. The van der Waals surface area contributed by atoms with Crippen molar-refractivity contribution in [2.45, 2.75) is 31.8 Å². The van der Waals surface area contributed by atoms with Crippen molar-refractivity contribution < 1.29 is 4.79 Å². The van der Waals surface area contributed by atoms with Crippen LogP contribution in [0.1, 0.15) is 27.5 Å². The van der Waals surface area contributed by atoms with Crippen LogP contribution in [0.4, 0.5) is 0 Å². The molecule has 0 saturated carbocycles. The van der Waals surface area contributed by atoms with Crippen molar-refractivity contribution in [3.63, 3.8) is 0 Å². The van der Waals surface area contributed by atoms with E-state index in [9.17, 15) is 10.1 Å². The predicted molar refractivity (Wildman–Crippen MR) is 90.4 cm³/mol. The number of aromatic nitrogens is 2. The molecule has 0 aliphatic carbocycles. The molecule has 3 heterocycles. The van der Waals surface area contributed by atoms with Gasteiger partial charge in [-0.3, -0.25) is 4.79 Å². The van der Waals surface area contributed by atoms with Gasteiger partial charge in [-0.05, 0) is 37.3 Å². The molecular formula is C16H16N4OS2. The number of thiophene rings is 1. The van der Waals surface area contributed by atoms with E-state index in [1.807, 2.05) is 4.90 Å². The van der Waals surface area contributed by atoms with Gasteiger partial charge in [0.25, 0.3) is 0 Å². The fourth-order valence-electron chi connectivity index (χ4n) is 2.60. The zero-order chi connectivity index (χ0) is 16.4. The van der Waals surface area contributed by atoms with Crippen molar-refractivity contribution in [1.82, 2.24) is 14.9 Å². The Kier molecular flexibility index (Phi) is 4.64. The predicted octanol–water partition coefficient (Wildman–Crippen LogP) is 2.70. The minimum Gasteiger partial charge on any atom is -0.337 e. The Labute approximate surface area is 143 Å². The second kappa shape index (κ2) is 6.69. The van der Waals surface area contributed by atoms with Gasteiger partial charge in [0, 0.05) is 18.0 Å². The summed E-state index contributed by atoms with van der Waals surface area (Å²) in [5.41, 5.74) is 2.38. The number of nitriles is 1. The molecule has 0 atom stereocenters. The molecule has 0 N–H and O–H groups in total.